The molecule has 0 bridgehead atoms. The zero-order valence-corrected chi connectivity index (χ0v) is 9.26. The summed E-state index contributed by atoms with van der Waals surface area (Å²) in [4.78, 5) is 0. The van der Waals surface area contributed by atoms with Crippen LogP contribution in [0.1, 0.15) is 21.8 Å². The number of rotatable bonds is 0. The van der Waals surface area contributed by atoms with E-state index in [1.54, 1.807) is 6.92 Å². The zero-order valence-electron chi connectivity index (χ0n) is 2.86. The van der Waals surface area contributed by atoms with Gasteiger partial charge in [0, 0.05) is 6.61 Å². The van der Waals surface area contributed by atoms with Crippen molar-refractivity contribution < 1.29 is 5.11 Å². The van der Waals surface area contributed by atoms with Crippen LogP contribution in [-0.4, -0.2) is 11.7 Å². The maximum absolute atomic E-state index is 7.57. The van der Waals surface area contributed by atoms with Gasteiger partial charge in [-0.3, -0.25) is 0 Å². The molecule has 0 atom stereocenters. The Bertz CT molecular complexity index is 7.51. The van der Waals surface area contributed by atoms with Gasteiger partial charge in [-0.25, -0.2) is 0 Å². The first-order valence-electron chi connectivity index (χ1n) is 1.02. The molecule has 1 N–H and O–H groups in total. The van der Waals surface area contributed by atoms with Crippen molar-refractivity contribution in [2.24, 2.45) is 0 Å². The maximum Gasteiger partial charge on any atom is 0.0402 e. The molecule has 2 heteroatoms. The molecule has 0 saturated carbocycles. The second-order valence-corrected chi connectivity index (χ2v) is 0.316. The quantitative estimate of drug-likeness (QED) is 0.701. The van der Waals surface area contributed by atoms with Crippen molar-refractivity contribution in [3.8, 4) is 0 Å². The van der Waals surface area contributed by atoms with Gasteiger partial charge < -0.3 is 5.11 Å². The molecular formula is C4H14ORf. The van der Waals surface area contributed by atoms with E-state index in [1.165, 1.54) is 0 Å². The second kappa shape index (κ2) is 21700. The second-order valence-electron chi connectivity index (χ2n) is 0.316. The van der Waals surface area contributed by atoms with E-state index in [1.807, 2.05) is 0 Å². The Morgan fingerprint density at radius 2 is 1.33 bits per heavy atom. The summed E-state index contributed by atoms with van der Waals surface area (Å²) in [7, 11) is 0. The van der Waals surface area contributed by atoms with Gasteiger partial charge in [-0.15, -0.1) is 0 Å². The van der Waals surface area contributed by atoms with Crippen molar-refractivity contribution in [3.05, 3.63) is 0 Å². The van der Waals surface area contributed by atoms with E-state index in [0.29, 0.717) is 0 Å². The van der Waals surface area contributed by atoms with Crippen LogP contribution in [0.2, 0.25) is 0 Å². The minimum Gasteiger partial charge on any atom is -0.397 e. The van der Waals surface area contributed by atoms with Crippen LogP contribution in [0.25, 0.3) is 0 Å². The molecule has 0 aliphatic rings. The number of hydrogen-bond acceptors (Lipinski definition) is 1. The van der Waals surface area contributed by atoms with Crippen molar-refractivity contribution in [2.45, 2.75) is 21.8 Å². The van der Waals surface area contributed by atoms with Gasteiger partial charge in [-0.1, -0.05) is 14.9 Å². The van der Waals surface area contributed by atoms with Crippen LogP contribution in [-0.2, 0) is 0 Å². The Balaban J connectivity index is -0.00000000667. The molecule has 1 nitrogen and oxygen atoms in total. The van der Waals surface area contributed by atoms with E-state index in [9.17, 15) is 0 Å². The molecule has 0 amide bonds. The molecule has 0 radical (unpaired) electrons. The molecule has 6 heavy (non-hydrogen) atoms. The summed E-state index contributed by atoms with van der Waals surface area (Å²) in [5.41, 5.74) is 0. The van der Waals surface area contributed by atoms with Gasteiger partial charge in [0.1, 0.15) is 0 Å². The fourth-order valence-corrected chi connectivity index (χ4v) is 0. The van der Waals surface area contributed by atoms with E-state index < -0.39 is 0 Å². The van der Waals surface area contributed by atoms with Crippen LogP contribution in [0, 0.1) is 0 Å². The molecule has 0 fully saturated rings. The standard InChI is InChI=1S/C2H6O.2CH4.Rf/c1-2-3;;;/h3H,2H2,1H3;2*1H4;. The Morgan fingerprint density at radius 3 is 1.33 bits per heavy atom. The number of aliphatic hydroxyl groups is 1. The number of hydrogen-bond donors (Lipinski definition) is 1. The molecule has 0 aromatic rings. The Kier molecular flexibility index (Phi) is 305000. The maximum atomic E-state index is 7.57. The first kappa shape index (κ1) is 84.4. The van der Waals surface area contributed by atoms with Gasteiger partial charge in [0.05, 0.1) is 0 Å². The van der Waals surface area contributed by atoms with Crippen molar-refractivity contribution >= 4 is 0 Å². The normalized spacial score (nSPS) is 3.00. The third-order valence-electron chi connectivity index (χ3n) is 0. The molecule has 0 aliphatic heterocycles. The summed E-state index contributed by atoms with van der Waals surface area (Å²) < 4.78 is 0. The van der Waals surface area contributed by atoms with Gasteiger partial charge in [0.2, 0.25) is 0 Å². The Hall–Kier alpha value is -1.04. The molecule has 0 unspecified atom stereocenters. The van der Waals surface area contributed by atoms with Crippen LogP contribution < -0.4 is 0 Å². The van der Waals surface area contributed by atoms with Gasteiger partial charge in [0.25, 0.3) is 0 Å². The first-order valence-corrected chi connectivity index (χ1v) is 1.02. The van der Waals surface area contributed by atoms with Crippen molar-refractivity contribution in [3.63, 3.8) is 0 Å². The predicted octanol–water partition coefficient (Wildman–Crippen LogP) is 1.27. The minimum atomic E-state index is 0. The molecular weight excluding hydrogens is 331 g/mol. The minimum absolute atomic E-state index is 0. The monoisotopic (exact) mass is 345 g/mol. The van der Waals surface area contributed by atoms with Gasteiger partial charge in [-0.05, 0) is 6.92 Å². The fraction of sp³-hybridized carbons (Fsp3) is 1.00. The summed E-state index contributed by atoms with van der Waals surface area (Å²) >= 11 is 0. The van der Waals surface area contributed by atoms with Gasteiger partial charge in [0.15, 0.2) is 0 Å². The third-order valence-corrected chi connectivity index (χ3v) is 0. The Labute approximate surface area is 34.6 Å². The summed E-state index contributed by atoms with van der Waals surface area (Å²) in [6.45, 7) is 1.93. The van der Waals surface area contributed by atoms with Crippen LogP contribution in [0.4, 0.5) is 0 Å². The van der Waals surface area contributed by atoms with Crippen molar-refractivity contribution in [1.82, 2.24) is 0 Å². The smallest absolute Gasteiger partial charge is 0.0402 e. The van der Waals surface area contributed by atoms with E-state index in [0.717, 1.165) is 0 Å². The summed E-state index contributed by atoms with van der Waals surface area (Å²) in [6, 6.07) is 0. The largest absolute Gasteiger partial charge is 0.397 e. The Morgan fingerprint density at radius 1 is 1.33 bits per heavy atom. The summed E-state index contributed by atoms with van der Waals surface area (Å²) in [5.74, 6) is 0. The van der Waals surface area contributed by atoms with Gasteiger partial charge in [-0.2, -0.15) is 0 Å². The zero-order chi connectivity index (χ0) is 2.71. The molecule has 0 heterocycles. The molecule has 0 saturated heterocycles. The predicted molar refractivity (Wildman–Crippen MR) is 26.2 cm³/mol. The average molecular weight is 345 g/mol. The fourth-order valence-electron chi connectivity index (χ4n) is 0. The summed E-state index contributed by atoms with van der Waals surface area (Å²) in [5, 5.41) is 7.57. The van der Waals surface area contributed by atoms with E-state index in [-0.39, 0.29) is 21.5 Å². The SMILES string of the molecule is C.C.CCO.[Rf]. The molecule has 0 rings (SSSR count). The van der Waals surface area contributed by atoms with Crippen LogP contribution in [0.15, 0.2) is 0 Å². The summed E-state index contributed by atoms with van der Waals surface area (Å²) in [6.07, 6.45) is 0. The van der Waals surface area contributed by atoms with E-state index in [4.69, 9.17) is 5.11 Å². The van der Waals surface area contributed by atoms with Crippen LogP contribution >= 0.6 is 0 Å². The average Bonchev–Trinajstić information content (AvgIpc) is 0.918. The molecule has 38 valence electrons. The molecule has 0 spiro atoms. The molecule has 0 aromatic heterocycles. The van der Waals surface area contributed by atoms with E-state index >= 15 is 0 Å². The molecule has 0 aliphatic carbocycles. The van der Waals surface area contributed by atoms with Crippen LogP contribution in [0.5, 0.6) is 0 Å². The van der Waals surface area contributed by atoms with Crippen LogP contribution in [0.3, 0.4) is 0 Å². The van der Waals surface area contributed by atoms with E-state index in [2.05, 4.69) is 0 Å². The topological polar surface area (TPSA) is 20.2 Å². The molecule has 0 aromatic carbocycles. The van der Waals surface area contributed by atoms with Gasteiger partial charge >= 0.3 is 0 Å². The van der Waals surface area contributed by atoms with Crippen molar-refractivity contribution in [1.29, 1.82) is 0 Å². The van der Waals surface area contributed by atoms with Crippen molar-refractivity contribution in [2.75, 3.05) is 6.61 Å². The first-order chi connectivity index (χ1) is 1.41. The number of aliphatic hydroxyl groups excluding tert-OH is 1. The third kappa shape index (κ3) is 10.5.